The molecule has 0 amide bonds. The number of rotatable bonds is 2. The minimum Gasteiger partial charge on any atom is -0.473 e. The highest BCUT2D eigenvalue weighted by Gasteiger charge is 2.24. The second-order valence-electron chi connectivity index (χ2n) is 4.27. The fraction of sp³-hybridized carbons (Fsp3) is 0.636. The molecule has 0 saturated heterocycles. The maximum Gasteiger partial charge on any atom is 0.268 e. The molecule has 0 radical (unpaired) electrons. The molecule has 16 heavy (non-hydrogen) atoms. The van der Waals surface area contributed by atoms with E-state index in [1.54, 1.807) is 0 Å². The molecule has 0 spiro atoms. The molecule has 2 atom stereocenters. The van der Waals surface area contributed by atoms with E-state index in [2.05, 4.69) is 16.9 Å². The van der Waals surface area contributed by atoms with Gasteiger partial charge in [0.2, 0.25) is 5.88 Å². The van der Waals surface area contributed by atoms with Crippen molar-refractivity contribution in [3.63, 3.8) is 0 Å². The van der Waals surface area contributed by atoms with Gasteiger partial charge in [0.05, 0.1) is 6.33 Å². The third kappa shape index (κ3) is 2.56. The molecule has 1 heterocycles. The van der Waals surface area contributed by atoms with E-state index in [9.17, 15) is 4.79 Å². The van der Waals surface area contributed by atoms with Crippen molar-refractivity contribution in [2.45, 2.75) is 38.7 Å². The van der Waals surface area contributed by atoms with Gasteiger partial charge in [-0.15, -0.1) is 0 Å². The first kappa shape index (κ1) is 11.9. The van der Waals surface area contributed by atoms with Gasteiger partial charge in [-0.1, -0.05) is 13.3 Å². The average molecular weight is 334 g/mol. The lowest BCUT2D eigenvalue weighted by Gasteiger charge is -2.28. The quantitative estimate of drug-likeness (QED) is 0.845. The highest BCUT2D eigenvalue weighted by Crippen LogP contribution is 2.28. The number of nitrogens with one attached hydrogen (secondary N) is 1. The Bertz CT molecular complexity index is 419. The molecule has 1 saturated carbocycles. The minimum absolute atomic E-state index is 0.130. The molecule has 2 unspecified atom stereocenters. The molecule has 1 aliphatic carbocycles. The third-order valence-electron chi connectivity index (χ3n) is 3.06. The molecule has 0 bridgehead atoms. The highest BCUT2D eigenvalue weighted by atomic mass is 127. The number of aromatic nitrogens is 2. The standard InChI is InChI=1S/C11H15IN2O2/c1-7-4-2-3-5-8(7)16-11-9(12)10(15)13-6-14-11/h6-8H,2-5H2,1H3,(H,13,14,15). The van der Waals surface area contributed by atoms with E-state index >= 15 is 0 Å². The summed E-state index contributed by atoms with van der Waals surface area (Å²) in [7, 11) is 0. The number of aromatic amines is 1. The number of halogens is 1. The Morgan fingerprint density at radius 2 is 2.25 bits per heavy atom. The van der Waals surface area contributed by atoms with Crippen LogP contribution < -0.4 is 10.3 Å². The van der Waals surface area contributed by atoms with Crippen LogP contribution in [0.15, 0.2) is 11.1 Å². The van der Waals surface area contributed by atoms with Gasteiger partial charge in [0, 0.05) is 0 Å². The fourth-order valence-electron chi connectivity index (χ4n) is 2.05. The number of hydrogen-bond donors (Lipinski definition) is 1. The lowest BCUT2D eigenvalue weighted by atomic mass is 9.88. The Hall–Kier alpha value is -0.590. The molecule has 1 fully saturated rings. The molecule has 0 aromatic carbocycles. The molecular formula is C11H15IN2O2. The van der Waals surface area contributed by atoms with Crippen LogP contribution in [0.25, 0.3) is 0 Å². The average Bonchev–Trinajstić information content (AvgIpc) is 2.28. The minimum atomic E-state index is -0.130. The van der Waals surface area contributed by atoms with Crippen LogP contribution in [0.4, 0.5) is 0 Å². The van der Waals surface area contributed by atoms with Crippen molar-refractivity contribution in [3.8, 4) is 5.88 Å². The van der Waals surface area contributed by atoms with Crippen LogP contribution in [0.3, 0.4) is 0 Å². The molecular weight excluding hydrogens is 319 g/mol. The summed E-state index contributed by atoms with van der Waals surface area (Å²) in [6.07, 6.45) is 6.34. The lowest BCUT2D eigenvalue weighted by Crippen LogP contribution is -2.29. The molecule has 0 aliphatic heterocycles. The zero-order chi connectivity index (χ0) is 11.5. The molecule has 1 aromatic rings. The van der Waals surface area contributed by atoms with Crippen molar-refractivity contribution in [3.05, 3.63) is 20.3 Å². The molecule has 1 N–H and O–H groups in total. The molecule has 4 nitrogen and oxygen atoms in total. The first-order chi connectivity index (χ1) is 7.68. The van der Waals surface area contributed by atoms with E-state index in [1.165, 1.54) is 25.6 Å². The summed E-state index contributed by atoms with van der Waals surface area (Å²) in [4.78, 5) is 18.0. The van der Waals surface area contributed by atoms with Crippen molar-refractivity contribution in [2.24, 2.45) is 5.92 Å². The zero-order valence-corrected chi connectivity index (χ0v) is 11.4. The van der Waals surface area contributed by atoms with Gasteiger partial charge >= 0.3 is 0 Å². The predicted octanol–water partition coefficient (Wildman–Crippen LogP) is 2.33. The highest BCUT2D eigenvalue weighted by molar-refractivity contribution is 14.1. The molecule has 5 heteroatoms. The van der Waals surface area contributed by atoms with Crippen LogP contribution in [0.5, 0.6) is 5.88 Å². The third-order valence-corrected chi connectivity index (χ3v) is 4.01. The maximum absolute atomic E-state index is 11.4. The van der Waals surface area contributed by atoms with Gasteiger partial charge in [0.1, 0.15) is 9.67 Å². The van der Waals surface area contributed by atoms with E-state index in [4.69, 9.17) is 4.74 Å². The van der Waals surface area contributed by atoms with E-state index in [0.29, 0.717) is 15.4 Å². The van der Waals surface area contributed by atoms with Gasteiger partial charge in [-0.2, -0.15) is 0 Å². The van der Waals surface area contributed by atoms with Crippen LogP contribution >= 0.6 is 22.6 Å². The van der Waals surface area contributed by atoms with Crippen molar-refractivity contribution >= 4 is 22.6 Å². The summed E-state index contributed by atoms with van der Waals surface area (Å²) < 4.78 is 6.38. The Morgan fingerprint density at radius 1 is 1.50 bits per heavy atom. The van der Waals surface area contributed by atoms with Gasteiger partial charge in [-0.25, -0.2) is 4.98 Å². The van der Waals surface area contributed by atoms with Crippen molar-refractivity contribution in [1.29, 1.82) is 0 Å². The number of H-pyrrole nitrogens is 1. The summed E-state index contributed by atoms with van der Waals surface area (Å²) in [5.74, 6) is 1.02. The second-order valence-corrected chi connectivity index (χ2v) is 5.35. The molecule has 2 rings (SSSR count). The number of hydrogen-bond acceptors (Lipinski definition) is 3. The van der Waals surface area contributed by atoms with Crippen LogP contribution in [-0.2, 0) is 0 Å². The van der Waals surface area contributed by atoms with Gasteiger partial charge in [-0.05, 0) is 47.8 Å². The van der Waals surface area contributed by atoms with Crippen LogP contribution in [0, 0.1) is 9.49 Å². The topological polar surface area (TPSA) is 55.0 Å². The van der Waals surface area contributed by atoms with Gasteiger partial charge in [-0.3, -0.25) is 4.79 Å². The normalized spacial score (nSPS) is 25.4. The summed E-state index contributed by atoms with van der Waals surface area (Å²) in [5, 5.41) is 0. The van der Waals surface area contributed by atoms with E-state index in [0.717, 1.165) is 6.42 Å². The number of ether oxygens (including phenoxy) is 1. The van der Waals surface area contributed by atoms with Crippen molar-refractivity contribution in [1.82, 2.24) is 9.97 Å². The summed E-state index contributed by atoms with van der Waals surface area (Å²) in [6, 6.07) is 0. The van der Waals surface area contributed by atoms with Gasteiger partial charge in [0.15, 0.2) is 0 Å². The maximum atomic E-state index is 11.4. The van der Waals surface area contributed by atoms with E-state index in [-0.39, 0.29) is 11.7 Å². The first-order valence-corrected chi connectivity index (χ1v) is 6.66. The van der Waals surface area contributed by atoms with Crippen molar-refractivity contribution in [2.75, 3.05) is 0 Å². The van der Waals surface area contributed by atoms with Crippen LogP contribution in [0.1, 0.15) is 32.6 Å². The smallest absolute Gasteiger partial charge is 0.268 e. The van der Waals surface area contributed by atoms with Crippen molar-refractivity contribution < 1.29 is 4.74 Å². The van der Waals surface area contributed by atoms with Gasteiger partial charge < -0.3 is 9.72 Å². The first-order valence-electron chi connectivity index (χ1n) is 5.58. The predicted molar refractivity (Wildman–Crippen MR) is 69.6 cm³/mol. The van der Waals surface area contributed by atoms with Crippen LogP contribution in [0.2, 0.25) is 0 Å². The van der Waals surface area contributed by atoms with Crippen LogP contribution in [-0.4, -0.2) is 16.1 Å². The fourth-order valence-corrected chi connectivity index (χ4v) is 2.47. The largest absolute Gasteiger partial charge is 0.473 e. The second kappa shape index (κ2) is 5.16. The van der Waals surface area contributed by atoms with Gasteiger partial charge in [0.25, 0.3) is 5.56 Å². The molecule has 88 valence electrons. The Balaban J connectivity index is 2.14. The Labute approximate surface area is 108 Å². The van der Waals surface area contributed by atoms with E-state index < -0.39 is 0 Å². The molecule has 1 aromatic heterocycles. The number of nitrogens with zero attached hydrogens (tertiary/aromatic N) is 1. The summed E-state index contributed by atoms with van der Waals surface area (Å²) in [6.45, 7) is 2.20. The van der Waals surface area contributed by atoms with E-state index in [1.807, 2.05) is 22.6 Å². The zero-order valence-electron chi connectivity index (χ0n) is 9.20. The SMILES string of the molecule is CC1CCCCC1Oc1nc[nH]c(=O)c1I. The monoisotopic (exact) mass is 334 g/mol. The summed E-state index contributed by atoms with van der Waals surface area (Å²) >= 11 is 1.98. The Kier molecular flexibility index (Phi) is 3.83. The Morgan fingerprint density at radius 3 is 3.00 bits per heavy atom. The summed E-state index contributed by atoms with van der Waals surface area (Å²) in [5.41, 5.74) is -0.130. The molecule has 1 aliphatic rings. The lowest BCUT2D eigenvalue weighted by molar-refractivity contribution is 0.0962.